The molecule has 1 aliphatic carbocycles. The smallest absolute Gasteiger partial charge is 0.241 e. The van der Waals surface area contributed by atoms with Crippen molar-refractivity contribution in [2.24, 2.45) is 5.41 Å². The van der Waals surface area contributed by atoms with Crippen LogP contribution in [0.15, 0.2) is 23.1 Å². The lowest BCUT2D eigenvalue weighted by molar-refractivity contribution is 0.134. The van der Waals surface area contributed by atoms with Gasteiger partial charge in [-0.2, -0.15) is 5.26 Å². The number of halogens is 1. The van der Waals surface area contributed by atoms with Crippen LogP contribution < -0.4 is 4.72 Å². The number of rotatable bonds is 5. The molecule has 1 aromatic rings. The number of aliphatic hydroxyl groups is 1. The fraction of sp³-hybridized carbons (Fsp3) is 0.500. The average Bonchev–Trinajstić information content (AvgIpc) is 2.95. The van der Waals surface area contributed by atoms with Gasteiger partial charge in [-0.05, 0) is 31.0 Å². The summed E-state index contributed by atoms with van der Waals surface area (Å²) in [5.74, 6) is 0. The van der Waals surface area contributed by atoms with Gasteiger partial charge in [-0.25, -0.2) is 13.1 Å². The van der Waals surface area contributed by atoms with Gasteiger partial charge in [0.05, 0.1) is 5.56 Å². The van der Waals surface area contributed by atoms with Crippen molar-refractivity contribution >= 4 is 21.6 Å². The number of hydrogen-bond acceptors (Lipinski definition) is 4. The zero-order valence-corrected chi connectivity index (χ0v) is 13.0. The molecule has 114 valence electrons. The maximum absolute atomic E-state index is 12.4. The zero-order chi connectivity index (χ0) is 15.5. The first-order valence-corrected chi connectivity index (χ1v) is 8.59. The fourth-order valence-electron chi connectivity index (χ4n) is 2.65. The van der Waals surface area contributed by atoms with Crippen molar-refractivity contribution in [3.63, 3.8) is 0 Å². The quantitative estimate of drug-likeness (QED) is 0.865. The summed E-state index contributed by atoms with van der Waals surface area (Å²) in [7, 11) is -3.83. The summed E-state index contributed by atoms with van der Waals surface area (Å²) in [6, 6.07) is 5.98. The van der Waals surface area contributed by atoms with Gasteiger partial charge in [0.25, 0.3) is 0 Å². The molecule has 21 heavy (non-hydrogen) atoms. The first-order chi connectivity index (χ1) is 9.92. The molecular formula is C14H17ClN2O3S. The average molecular weight is 329 g/mol. The standard InChI is InChI=1S/C14H17ClN2O3S/c15-12-4-3-11(8-16)13(7-12)21(19,20)17-9-14(10-18)5-1-2-6-14/h3-4,7,17-18H,1-2,5-6,9-10H2. The zero-order valence-electron chi connectivity index (χ0n) is 11.5. The van der Waals surface area contributed by atoms with Crippen molar-refractivity contribution in [2.45, 2.75) is 30.6 Å². The number of hydrogen-bond donors (Lipinski definition) is 2. The van der Waals surface area contributed by atoms with Crippen molar-refractivity contribution in [3.05, 3.63) is 28.8 Å². The summed E-state index contributed by atoms with van der Waals surface area (Å²) >= 11 is 5.82. The summed E-state index contributed by atoms with van der Waals surface area (Å²) < 4.78 is 27.3. The van der Waals surface area contributed by atoms with Crippen LogP contribution in [0, 0.1) is 16.7 Å². The number of nitrogens with one attached hydrogen (secondary N) is 1. The molecule has 0 aromatic heterocycles. The molecule has 1 saturated carbocycles. The van der Waals surface area contributed by atoms with Crippen molar-refractivity contribution in [2.75, 3.05) is 13.2 Å². The van der Waals surface area contributed by atoms with Crippen LogP contribution in [0.2, 0.25) is 5.02 Å². The lowest BCUT2D eigenvalue weighted by Gasteiger charge is -2.26. The summed E-state index contributed by atoms with van der Waals surface area (Å²) in [6.45, 7) is 0.124. The molecule has 0 amide bonds. The highest BCUT2D eigenvalue weighted by Gasteiger charge is 2.34. The van der Waals surface area contributed by atoms with E-state index in [4.69, 9.17) is 16.9 Å². The lowest BCUT2D eigenvalue weighted by Crippen LogP contribution is -2.38. The lowest BCUT2D eigenvalue weighted by atomic mass is 9.88. The molecule has 7 heteroatoms. The van der Waals surface area contributed by atoms with Crippen molar-refractivity contribution in [1.82, 2.24) is 4.72 Å². The second kappa shape index (κ2) is 6.32. The highest BCUT2D eigenvalue weighted by molar-refractivity contribution is 7.89. The van der Waals surface area contributed by atoms with E-state index in [1.54, 1.807) is 0 Å². The van der Waals surface area contributed by atoms with Gasteiger partial charge in [0.15, 0.2) is 0 Å². The summed E-state index contributed by atoms with van der Waals surface area (Å²) in [5, 5.41) is 18.8. The van der Waals surface area contributed by atoms with E-state index in [1.165, 1.54) is 18.2 Å². The normalized spacial score (nSPS) is 17.6. The first-order valence-electron chi connectivity index (χ1n) is 6.73. The Bertz CT molecular complexity index is 661. The number of benzene rings is 1. The van der Waals surface area contributed by atoms with E-state index in [-0.39, 0.29) is 28.6 Å². The molecule has 0 saturated heterocycles. The minimum absolute atomic E-state index is 0.0455. The summed E-state index contributed by atoms with van der Waals surface area (Å²) in [5.41, 5.74) is -0.338. The van der Waals surface area contributed by atoms with Gasteiger partial charge in [-0.3, -0.25) is 0 Å². The molecule has 0 bridgehead atoms. The molecule has 0 unspecified atom stereocenters. The van der Waals surface area contributed by atoms with Crippen LogP contribution in [-0.2, 0) is 10.0 Å². The number of sulfonamides is 1. The maximum Gasteiger partial charge on any atom is 0.241 e. The Morgan fingerprint density at radius 2 is 2.05 bits per heavy atom. The van der Waals surface area contributed by atoms with Crippen LogP contribution in [0.1, 0.15) is 31.2 Å². The Morgan fingerprint density at radius 3 is 2.62 bits per heavy atom. The Balaban J connectivity index is 2.23. The van der Waals surface area contributed by atoms with E-state index in [0.29, 0.717) is 0 Å². The highest BCUT2D eigenvalue weighted by atomic mass is 35.5. The second-order valence-corrected chi connectivity index (χ2v) is 7.61. The van der Waals surface area contributed by atoms with Crippen LogP contribution in [0.25, 0.3) is 0 Å². The highest BCUT2D eigenvalue weighted by Crippen LogP contribution is 2.37. The third kappa shape index (κ3) is 3.55. The van der Waals surface area contributed by atoms with Gasteiger partial charge >= 0.3 is 0 Å². The van der Waals surface area contributed by atoms with E-state index in [9.17, 15) is 13.5 Å². The van der Waals surface area contributed by atoms with Crippen molar-refractivity contribution in [1.29, 1.82) is 5.26 Å². The van der Waals surface area contributed by atoms with Gasteiger partial charge in [0.1, 0.15) is 11.0 Å². The van der Waals surface area contributed by atoms with E-state index >= 15 is 0 Å². The van der Waals surface area contributed by atoms with E-state index in [2.05, 4.69) is 4.72 Å². The van der Waals surface area contributed by atoms with Crippen molar-refractivity contribution < 1.29 is 13.5 Å². The second-order valence-electron chi connectivity index (χ2n) is 5.44. The van der Waals surface area contributed by atoms with Gasteiger partial charge in [-0.15, -0.1) is 0 Å². The number of nitriles is 1. The van der Waals surface area contributed by atoms with Crippen LogP contribution in [0.4, 0.5) is 0 Å². The largest absolute Gasteiger partial charge is 0.396 e. The molecule has 0 spiro atoms. The molecule has 1 aromatic carbocycles. The predicted octanol–water partition coefficient (Wildman–Crippen LogP) is 2.04. The third-order valence-corrected chi connectivity index (χ3v) is 5.67. The number of nitrogens with zero attached hydrogens (tertiary/aromatic N) is 1. The van der Waals surface area contributed by atoms with Crippen LogP contribution in [-0.4, -0.2) is 26.7 Å². The van der Waals surface area contributed by atoms with E-state index < -0.39 is 15.4 Å². The molecule has 0 radical (unpaired) electrons. The minimum atomic E-state index is -3.83. The Kier molecular flexibility index (Phi) is 4.89. The predicted molar refractivity (Wildman–Crippen MR) is 79.3 cm³/mol. The Morgan fingerprint density at radius 1 is 1.38 bits per heavy atom. The van der Waals surface area contributed by atoms with Crippen LogP contribution >= 0.6 is 11.6 Å². The SMILES string of the molecule is N#Cc1ccc(Cl)cc1S(=O)(=O)NCC1(CO)CCCC1. The fourth-order valence-corrected chi connectivity index (χ4v) is 4.23. The molecule has 0 aliphatic heterocycles. The molecule has 2 N–H and O–H groups in total. The Hall–Kier alpha value is -1.13. The first kappa shape index (κ1) is 16.2. The molecule has 1 aliphatic rings. The maximum atomic E-state index is 12.4. The number of aliphatic hydroxyl groups excluding tert-OH is 1. The van der Waals surface area contributed by atoms with Crippen LogP contribution in [0.3, 0.4) is 0 Å². The van der Waals surface area contributed by atoms with Gasteiger partial charge in [0.2, 0.25) is 10.0 Å². The monoisotopic (exact) mass is 328 g/mol. The molecule has 0 atom stereocenters. The van der Waals surface area contributed by atoms with Gasteiger partial charge in [-0.1, -0.05) is 24.4 Å². The van der Waals surface area contributed by atoms with Crippen LogP contribution in [0.5, 0.6) is 0 Å². The Labute approximate surface area is 129 Å². The summed E-state index contributed by atoms with van der Waals surface area (Å²) in [6.07, 6.45) is 3.57. The van der Waals surface area contributed by atoms with Gasteiger partial charge < -0.3 is 5.11 Å². The topological polar surface area (TPSA) is 90.2 Å². The molecular weight excluding hydrogens is 312 g/mol. The van der Waals surface area contributed by atoms with E-state index in [1.807, 2.05) is 6.07 Å². The van der Waals surface area contributed by atoms with Crippen molar-refractivity contribution in [3.8, 4) is 6.07 Å². The third-order valence-electron chi connectivity index (χ3n) is 3.99. The van der Waals surface area contributed by atoms with E-state index in [0.717, 1.165) is 25.7 Å². The molecule has 2 rings (SSSR count). The minimum Gasteiger partial charge on any atom is -0.396 e. The summed E-state index contributed by atoms with van der Waals surface area (Å²) in [4.78, 5) is -0.122. The molecule has 1 fully saturated rings. The molecule has 5 nitrogen and oxygen atoms in total. The van der Waals surface area contributed by atoms with Gasteiger partial charge in [0, 0.05) is 23.6 Å². The molecule has 0 heterocycles.